The molecule has 0 spiro atoms. The molecule has 1 aromatic heterocycles. The number of hydrogen-bond acceptors (Lipinski definition) is 7. The molecule has 0 aliphatic rings. The number of thiazole rings is 1. The smallest absolute Gasteiger partial charge is 0.272 e. The third kappa shape index (κ3) is 8.91. The van der Waals surface area contributed by atoms with Crippen molar-refractivity contribution in [1.29, 1.82) is 0 Å². The van der Waals surface area contributed by atoms with Gasteiger partial charge in [0.05, 0.1) is 18.6 Å². The molecule has 5 rings (SSSR count). The summed E-state index contributed by atoms with van der Waals surface area (Å²) in [6.07, 6.45) is 1.64. The molecule has 45 heavy (non-hydrogen) atoms. The summed E-state index contributed by atoms with van der Waals surface area (Å²) in [5, 5.41) is 10.9. The molecule has 0 aliphatic carbocycles. The molecule has 0 radical (unpaired) electrons. The Hall–Kier alpha value is -5.19. The number of thioether (sulfide) groups is 1. The molecule has 10 heteroatoms. The highest BCUT2D eigenvalue weighted by molar-refractivity contribution is 8.00. The number of methoxy groups -OCH3 is 1. The van der Waals surface area contributed by atoms with E-state index in [1.165, 1.54) is 23.1 Å². The van der Waals surface area contributed by atoms with Crippen molar-refractivity contribution in [3.63, 3.8) is 0 Å². The number of ether oxygens (including phenoxy) is 1. The maximum absolute atomic E-state index is 13.4. The fraction of sp³-hybridized carbons (Fsp3) is 0.0857. The summed E-state index contributed by atoms with van der Waals surface area (Å²) in [6.45, 7) is 1.98. The highest BCUT2D eigenvalue weighted by Gasteiger charge is 2.16. The third-order valence-electron chi connectivity index (χ3n) is 6.50. The normalized spacial score (nSPS) is 11.0. The number of aryl methyl sites for hydroxylation is 1. The Morgan fingerprint density at radius 1 is 0.889 bits per heavy atom. The van der Waals surface area contributed by atoms with Gasteiger partial charge >= 0.3 is 0 Å². The van der Waals surface area contributed by atoms with Gasteiger partial charge in [-0.1, -0.05) is 66.2 Å². The van der Waals surface area contributed by atoms with E-state index < -0.39 is 11.8 Å². The van der Waals surface area contributed by atoms with Crippen LogP contribution in [0.15, 0.2) is 119 Å². The summed E-state index contributed by atoms with van der Waals surface area (Å²) < 4.78 is 5.28. The standard InChI is InChI=1S/C35H30N4O4S2/c1-23-14-16-24(17-15-23)18-30(37-33(41)25-8-4-3-5-9-25)34(42)36-27-11-7-13-29(20-27)44-22-32(40)39-35-38-31(21-45-35)26-10-6-12-28(19-26)43-2/h3-21H,22H2,1-2H3,(H,36,42)(H,37,41)(H,38,39,40)/b30-18-. The minimum Gasteiger partial charge on any atom is -0.497 e. The number of rotatable bonds is 11. The van der Waals surface area contributed by atoms with Crippen molar-refractivity contribution in [1.82, 2.24) is 10.3 Å². The maximum atomic E-state index is 13.4. The van der Waals surface area contributed by atoms with Gasteiger partial charge in [0, 0.05) is 27.1 Å². The first-order chi connectivity index (χ1) is 21.9. The van der Waals surface area contributed by atoms with Gasteiger partial charge in [-0.15, -0.1) is 23.1 Å². The maximum Gasteiger partial charge on any atom is 0.272 e. The second kappa shape index (κ2) is 15.0. The lowest BCUT2D eigenvalue weighted by Crippen LogP contribution is -2.30. The number of hydrogen-bond donors (Lipinski definition) is 3. The molecular formula is C35H30N4O4S2. The van der Waals surface area contributed by atoms with E-state index in [0.29, 0.717) is 16.4 Å². The molecule has 3 amide bonds. The quantitative estimate of drug-likeness (QED) is 0.104. The number of amides is 3. The molecule has 8 nitrogen and oxygen atoms in total. The summed E-state index contributed by atoms with van der Waals surface area (Å²) in [6, 6.07) is 31.1. The monoisotopic (exact) mass is 634 g/mol. The van der Waals surface area contributed by atoms with E-state index in [-0.39, 0.29) is 17.4 Å². The Morgan fingerprint density at radius 2 is 1.67 bits per heavy atom. The van der Waals surface area contributed by atoms with Crippen molar-refractivity contribution in [3.05, 3.63) is 131 Å². The molecule has 0 saturated carbocycles. The zero-order valence-electron chi connectivity index (χ0n) is 24.6. The van der Waals surface area contributed by atoms with Crippen LogP contribution in [-0.2, 0) is 9.59 Å². The molecule has 0 atom stereocenters. The SMILES string of the molecule is COc1cccc(-c2csc(NC(=O)CSc3cccc(NC(=O)/C(=C/c4ccc(C)cc4)NC(=O)c4ccccc4)c3)n2)c1. The zero-order chi connectivity index (χ0) is 31.6. The number of benzene rings is 4. The van der Waals surface area contributed by atoms with Gasteiger partial charge < -0.3 is 20.7 Å². The molecule has 0 aliphatic heterocycles. The van der Waals surface area contributed by atoms with E-state index in [1.807, 2.05) is 73.0 Å². The van der Waals surface area contributed by atoms with Crippen LogP contribution in [0.25, 0.3) is 17.3 Å². The molecular weight excluding hydrogens is 605 g/mol. The number of carbonyl (C=O) groups is 3. The molecule has 0 unspecified atom stereocenters. The average Bonchev–Trinajstić information content (AvgIpc) is 3.53. The van der Waals surface area contributed by atoms with Crippen molar-refractivity contribution in [2.45, 2.75) is 11.8 Å². The van der Waals surface area contributed by atoms with E-state index in [1.54, 1.807) is 55.7 Å². The lowest BCUT2D eigenvalue weighted by molar-refractivity contribution is -0.114. The lowest BCUT2D eigenvalue weighted by atomic mass is 10.1. The summed E-state index contributed by atoms with van der Waals surface area (Å²) >= 11 is 2.68. The van der Waals surface area contributed by atoms with E-state index in [2.05, 4.69) is 20.9 Å². The largest absolute Gasteiger partial charge is 0.497 e. The van der Waals surface area contributed by atoms with Crippen molar-refractivity contribution in [3.8, 4) is 17.0 Å². The Balaban J connectivity index is 1.22. The highest BCUT2D eigenvalue weighted by atomic mass is 32.2. The van der Waals surface area contributed by atoms with Crippen molar-refractivity contribution < 1.29 is 19.1 Å². The molecule has 1 heterocycles. The van der Waals surface area contributed by atoms with Crippen LogP contribution in [0.5, 0.6) is 5.75 Å². The third-order valence-corrected chi connectivity index (χ3v) is 8.25. The van der Waals surface area contributed by atoms with E-state index in [4.69, 9.17) is 4.74 Å². The van der Waals surface area contributed by atoms with Gasteiger partial charge in [0.1, 0.15) is 11.4 Å². The molecule has 0 saturated heterocycles. The molecule has 5 aromatic rings. The van der Waals surface area contributed by atoms with Crippen LogP contribution in [0.1, 0.15) is 21.5 Å². The summed E-state index contributed by atoms with van der Waals surface area (Å²) in [5.41, 5.74) is 4.56. The molecule has 0 bridgehead atoms. The first-order valence-corrected chi connectivity index (χ1v) is 15.8. The van der Waals surface area contributed by atoms with E-state index >= 15 is 0 Å². The lowest BCUT2D eigenvalue weighted by Gasteiger charge is -2.12. The number of nitrogens with one attached hydrogen (secondary N) is 3. The second-order valence-electron chi connectivity index (χ2n) is 9.88. The second-order valence-corrected chi connectivity index (χ2v) is 11.8. The topological polar surface area (TPSA) is 109 Å². The number of nitrogens with zero attached hydrogens (tertiary/aromatic N) is 1. The highest BCUT2D eigenvalue weighted by Crippen LogP contribution is 2.28. The van der Waals surface area contributed by atoms with Crippen molar-refractivity contribution >= 4 is 57.7 Å². The molecule has 4 aromatic carbocycles. The van der Waals surface area contributed by atoms with Gasteiger partial charge in [-0.3, -0.25) is 14.4 Å². The average molecular weight is 635 g/mol. The fourth-order valence-electron chi connectivity index (χ4n) is 4.18. The molecule has 3 N–H and O–H groups in total. The Labute approximate surface area is 269 Å². The van der Waals surface area contributed by atoms with Crippen LogP contribution in [0.4, 0.5) is 10.8 Å². The van der Waals surface area contributed by atoms with Gasteiger partial charge in [-0.05, 0) is 61.0 Å². The Bertz CT molecular complexity index is 1840. The minimum atomic E-state index is -0.477. The minimum absolute atomic E-state index is 0.0990. The predicted molar refractivity (Wildman–Crippen MR) is 182 cm³/mol. The molecule has 0 fully saturated rings. The first-order valence-electron chi connectivity index (χ1n) is 13.9. The van der Waals surface area contributed by atoms with Crippen LogP contribution in [-0.4, -0.2) is 35.6 Å². The number of anilines is 2. The van der Waals surface area contributed by atoms with E-state index in [0.717, 1.165) is 33.0 Å². The zero-order valence-corrected chi connectivity index (χ0v) is 26.2. The van der Waals surface area contributed by atoms with Gasteiger partial charge in [-0.2, -0.15) is 0 Å². The van der Waals surface area contributed by atoms with Gasteiger partial charge in [0.25, 0.3) is 11.8 Å². The van der Waals surface area contributed by atoms with Gasteiger partial charge in [-0.25, -0.2) is 4.98 Å². The number of carbonyl (C=O) groups excluding carboxylic acids is 3. The Morgan fingerprint density at radius 3 is 2.44 bits per heavy atom. The number of aromatic nitrogens is 1. The van der Waals surface area contributed by atoms with Gasteiger partial charge in [0.15, 0.2) is 5.13 Å². The first kappa shape index (κ1) is 31.2. The van der Waals surface area contributed by atoms with Crippen molar-refractivity contribution in [2.24, 2.45) is 0 Å². The van der Waals surface area contributed by atoms with Crippen LogP contribution >= 0.6 is 23.1 Å². The Kier molecular flexibility index (Phi) is 10.4. The summed E-state index contributed by atoms with van der Waals surface area (Å²) in [5.74, 6) is -0.188. The van der Waals surface area contributed by atoms with Gasteiger partial charge in [0.2, 0.25) is 5.91 Å². The summed E-state index contributed by atoms with van der Waals surface area (Å²) in [4.78, 5) is 44.3. The van der Waals surface area contributed by atoms with Crippen LogP contribution in [0.2, 0.25) is 0 Å². The predicted octanol–water partition coefficient (Wildman–Crippen LogP) is 7.27. The van der Waals surface area contributed by atoms with Crippen LogP contribution < -0.4 is 20.7 Å². The summed E-state index contributed by atoms with van der Waals surface area (Å²) in [7, 11) is 1.61. The van der Waals surface area contributed by atoms with E-state index in [9.17, 15) is 14.4 Å². The fourth-order valence-corrected chi connectivity index (χ4v) is 5.68. The van der Waals surface area contributed by atoms with Crippen LogP contribution in [0, 0.1) is 6.92 Å². The van der Waals surface area contributed by atoms with Crippen LogP contribution in [0.3, 0.4) is 0 Å². The van der Waals surface area contributed by atoms with Crippen molar-refractivity contribution in [2.75, 3.05) is 23.5 Å². The molecule has 226 valence electrons.